The molecule has 7 heteroatoms. The number of sulfonamides is 1. The van der Waals surface area contributed by atoms with E-state index in [-0.39, 0.29) is 17.2 Å². The zero-order valence-corrected chi connectivity index (χ0v) is 17.1. The van der Waals surface area contributed by atoms with Crippen LogP contribution in [0.1, 0.15) is 30.4 Å². The normalized spacial score (nSPS) is 14.8. The Bertz CT molecular complexity index is 933. The summed E-state index contributed by atoms with van der Waals surface area (Å²) in [5.41, 5.74) is 2.58. The lowest BCUT2D eigenvalue weighted by atomic mass is 10.1. The first-order valence-electron chi connectivity index (χ1n) is 9.44. The first-order valence-corrected chi connectivity index (χ1v) is 10.9. The van der Waals surface area contributed by atoms with Crippen LogP contribution in [0.2, 0.25) is 0 Å². The average Bonchev–Trinajstić information content (AvgIpc) is 3.23. The van der Waals surface area contributed by atoms with Crippen molar-refractivity contribution in [2.24, 2.45) is 0 Å². The molecule has 28 heavy (non-hydrogen) atoms. The first kappa shape index (κ1) is 20.4. The minimum atomic E-state index is -3.50. The van der Waals surface area contributed by atoms with Gasteiger partial charge in [-0.3, -0.25) is 4.79 Å². The van der Waals surface area contributed by atoms with Crippen molar-refractivity contribution in [1.82, 2.24) is 4.31 Å². The standard InChI is InChI=1S/C21H26N2O4S/c1-16-5-8-18(9-6-16)22-21(24)12-7-17-15-19(10-11-20(17)27-2)28(25,26)23-13-3-4-14-23/h5-6,8-11,15H,3-4,7,12-14H2,1-2H3,(H,22,24). The monoisotopic (exact) mass is 402 g/mol. The number of ether oxygens (including phenoxy) is 1. The Labute approximate surface area is 166 Å². The van der Waals surface area contributed by atoms with Crippen LogP contribution in [-0.2, 0) is 21.2 Å². The van der Waals surface area contributed by atoms with Crippen molar-refractivity contribution >= 4 is 21.6 Å². The van der Waals surface area contributed by atoms with Gasteiger partial charge in [0.05, 0.1) is 12.0 Å². The van der Waals surface area contributed by atoms with E-state index >= 15 is 0 Å². The summed E-state index contributed by atoms with van der Waals surface area (Å²) >= 11 is 0. The lowest BCUT2D eigenvalue weighted by Crippen LogP contribution is -2.28. The van der Waals surface area contributed by atoms with E-state index < -0.39 is 10.0 Å². The zero-order valence-electron chi connectivity index (χ0n) is 16.3. The van der Waals surface area contributed by atoms with Crippen molar-refractivity contribution in [3.8, 4) is 5.75 Å². The Morgan fingerprint density at radius 3 is 2.43 bits per heavy atom. The van der Waals surface area contributed by atoms with E-state index in [2.05, 4.69) is 5.32 Å². The molecule has 0 aromatic heterocycles. The molecule has 150 valence electrons. The lowest BCUT2D eigenvalue weighted by molar-refractivity contribution is -0.116. The van der Waals surface area contributed by atoms with Gasteiger partial charge in [-0.1, -0.05) is 17.7 Å². The maximum Gasteiger partial charge on any atom is 0.243 e. The van der Waals surface area contributed by atoms with E-state index in [1.807, 2.05) is 31.2 Å². The summed E-state index contributed by atoms with van der Waals surface area (Å²) in [7, 11) is -1.96. The molecule has 1 N–H and O–H groups in total. The largest absolute Gasteiger partial charge is 0.496 e. The van der Waals surface area contributed by atoms with E-state index in [0.717, 1.165) is 24.1 Å². The van der Waals surface area contributed by atoms with Gasteiger partial charge < -0.3 is 10.1 Å². The molecule has 6 nitrogen and oxygen atoms in total. The molecule has 1 aliphatic rings. The topological polar surface area (TPSA) is 75.7 Å². The molecular weight excluding hydrogens is 376 g/mol. The van der Waals surface area contributed by atoms with Crippen molar-refractivity contribution in [3.05, 3.63) is 53.6 Å². The fraction of sp³-hybridized carbons (Fsp3) is 0.381. The maximum absolute atomic E-state index is 12.8. The summed E-state index contributed by atoms with van der Waals surface area (Å²) in [5, 5.41) is 2.86. The Morgan fingerprint density at radius 2 is 1.79 bits per heavy atom. The van der Waals surface area contributed by atoms with Crippen LogP contribution < -0.4 is 10.1 Å². The van der Waals surface area contributed by atoms with Gasteiger partial charge in [0.25, 0.3) is 0 Å². The third kappa shape index (κ3) is 4.72. The first-order chi connectivity index (χ1) is 13.4. The SMILES string of the molecule is COc1ccc(S(=O)(=O)N2CCCC2)cc1CCC(=O)Nc1ccc(C)cc1. The highest BCUT2D eigenvalue weighted by molar-refractivity contribution is 7.89. The molecule has 1 aliphatic heterocycles. The van der Waals surface area contributed by atoms with Crippen LogP contribution >= 0.6 is 0 Å². The van der Waals surface area contributed by atoms with Gasteiger partial charge in [0.2, 0.25) is 15.9 Å². The Morgan fingerprint density at radius 1 is 1.11 bits per heavy atom. The minimum Gasteiger partial charge on any atom is -0.496 e. The molecule has 0 atom stereocenters. The smallest absolute Gasteiger partial charge is 0.243 e. The molecule has 3 rings (SSSR count). The van der Waals surface area contributed by atoms with Gasteiger partial charge in [-0.25, -0.2) is 8.42 Å². The number of aryl methyl sites for hydroxylation is 2. The molecular formula is C21H26N2O4S. The second-order valence-corrected chi connectivity index (χ2v) is 8.94. The summed E-state index contributed by atoms with van der Waals surface area (Å²) in [6.45, 7) is 3.10. The second-order valence-electron chi connectivity index (χ2n) is 7.00. The average molecular weight is 403 g/mol. The summed E-state index contributed by atoms with van der Waals surface area (Å²) < 4.78 is 32.5. The molecule has 1 amide bonds. The summed E-state index contributed by atoms with van der Waals surface area (Å²) in [4.78, 5) is 12.5. The van der Waals surface area contributed by atoms with Crippen LogP contribution in [0.15, 0.2) is 47.4 Å². The fourth-order valence-electron chi connectivity index (χ4n) is 3.30. The highest BCUT2D eigenvalue weighted by Gasteiger charge is 2.27. The van der Waals surface area contributed by atoms with Crippen LogP contribution in [-0.4, -0.2) is 38.8 Å². The molecule has 0 saturated carbocycles. The van der Waals surface area contributed by atoms with Crippen LogP contribution in [0.4, 0.5) is 5.69 Å². The molecule has 0 unspecified atom stereocenters. The van der Waals surface area contributed by atoms with Crippen molar-refractivity contribution in [2.45, 2.75) is 37.5 Å². The number of amides is 1. The van der Waals surface area contributed by atoms with Gasteiger partial charge >= 0.3 is 0 Å². The number of methoxy groups -OCH3 is 1. The third-order valence-corrected chi connectivity index (χ3v) is 6.81. The van der Waals surface area contributed by atoms with Crippen molar-refractivity contribution in [2.75, 3.05) is 25.5 Å². The number of nitrogens with zero attached hydrogens (tertiary/aromatic N) is 1. The highest BCUT2D eigenvalue weighted by Crippen LogP contribution is 2.27. The number of carbonyl (C=O) groups is 1. The molecule has 0 bridgehead atoms. The quantitative estimate of drug-likeness (QED) is 0.771. The van der Waals surface area contributed by atoms with Gasteiger partial charge in [-0.05, 0) is 62.1 Å². The van der Waals surface area contributed by atoms with E-state index in [1.165, 1.54) is 4.31 Å². The highest BCUT2D eigenvalue weighted by atomic mass is 32.2. The van der Waals surface area contributed by atoms with Gasteiger partial charge in [0.15, 0.2) is 0 Å². The molecule has 2 aromatic carbocycles. The summed E-state index contributed by atoms with van der Waals surface area (Å²) in [6.07, 6.45) is 2.41. The van der Waals surface area contributed by atoms with Crippen molar-refractivity contribution in [1.29, 1.82) is 0 Å². The summed E-state index contributed by atoms with van der Waals surface area (Å²) in [6, 6.07) is 12.5. The number of hydrogen-bond acceptors (Lipinski definition) is 4. The lowest BCUT2D eigenvalue weighted by Gasteiger charge is -2.17. The van der Waals surface area contributed by atoms with Crippen molar-refractivity contribution in [3.63, 3.8) is 0 Å². The number of benzene rings is 2. The predicted molar refractivity (Wildman–Crippen MR) is 109 cm³/mol. The number of nitrogens with one attached hydrogen (secondary N) is 1. The summed E-state index contributed by atoms with van der Waals surface area (Å²) in [5.74, 6) is 0.460. The van der Waals surface area contributed by atoms with E-state index in [0.29, 0.717) is 30.8 Å². The number of anilines is 1. The van der Waals surface area contributed by atoms with Crippen molar-refractivity contribution < 1.29 is 17.9 Å². The molecule has 0 aliphatic carbocycles. The second kappa shape index (κ2) is 8.75. The Hall–Kier alpha value is -2.38. The number of rotatable bonds is 7. The molecule has 0 radical (unpaired) electrons. The maximum atomic E-state index is 12.8. The van der Waals surface area contributed by atoms with E-state index in [1.54, 1.807) is 25.3 Å². The van der Waals surface area contributed by atoms with Gasteiger partial charge in [0.1, 0.15) is 5.75 Å². The zero-order chi connectivity index (χ0) is 20.1. The van der Waals surface area contributed by atoms with Crippen LogP contribution in [0.3, 0.4) is 0 Å². The van der Waals surface area contributed by atoms with Crippen LogP contribution in [0, 0.1) is 6.92 Å². The molecule has 1 fully saturated rings. The number of hydrogen-bond donors (Lipinski definition) is 1. The van der Waals surface area contributed by atoms with Gasteiger partial charge in [-0.15, -0.1) is 0 Å². The van der Waals surface area contributed by atoms with E-state index in [4.69, 9.17) is 4.74 Å². The third-order valence-electron chi connectivity index (χ3n) is 4.91. The van der Waals surface area contributed by atoms with Gasteiger partial charge in [0, 0.05) is 25.2 Å². The Balaban J connectivity index is 1.71. The molecule has 1 heterocycles. The Kier molecular flexibility index (Phi) is 6.36. The number of carbonyl (C=O) groups excluding carboxylic acids is 1. The molecule has 2 aromatic rings. The minimum absolute atomic E-state index is 0.126. The predicted octanol–water partition coefficient (Wildman–Crippen LogP) is 3.36. The fourth-order valence-corrected chi connectivity index (χ4v) is 4.87. The molecule has 1 saturated heterocycles. The molecule has 0 spiro atoms. The van der Waals surface area contributed by atoms with E-state index in [9.17, 15) is 13.2 Å². The van der Waals surface area contributed by atoms with Crippen LogP contribution in [0.25, 0.3) is 0 Å². The van der Waals surface area contributed by atoms with Crippen LogP contribution in [0.5, 0.6) is 5.75 Å². The van der Waals surface area contributed by atoms with Gasteiger partial charge in [-0.2, -0.15) is 4.31 Å².